The molecule has 0 radical (unpaired) electrons. The summed E-state index contributed by atoms with van der Waals surface area (Å²) in [6.45, 7) is 16.3. The second kappa shape index (κ2) is 15.9. The van der Waals surface area contributed by atoms with Crippen LogP contribution < -0.4 is 0 Å². The molecule has 276 valence electrons. The highest BCUT2D eigenvalue weighted by atomic mass is 16.7. The molecule has 0 bridgehead atoms. The van der Waals surface area contributed by atoms with E-state index in [2.05, 4.69) is 41.5 Å². The zero-order chi connectivity index (χ0) is 37.7. The first-order valence-corrected chi connectivity index (χ1v) is 16.9. The summed E-state index contributed by atoms with van der Waals surface area (Å²) in [6, 6.07) is 14.5. The molecule has 2 aliphatic rings. The maximum absolute atomic E-state index is 14.6. The number of ether oxygens (including phenoxy) is 6. The van der Waals surface area contributed by atoms with E-state index in [0.717, 1.165) is 20.9 Å². The number of imide groups is 2. The van der Waals surface area contributed by atoms with Gasteiger partial charge in [0.15, 0.2) is 6.79 Å². The molecule has 4 amide bonds. The van der Waals surface area contributed by atoms with Crippen molar-refractivity contribution < 1.29 is 47.6 Å². The van der Waals surface area contributed by atoms with E-state index < -0.39 is 36.4 Å². The minimum absolute atomic E-state index is 0.00276. The van der Waals surface area contributed by atoms with E-state index in [4.69, 9.17) is 28.4 Å². The van der Waals surface area contributed by atoms with Gasteiger partial charge in [0.25, 0.3) is 11.8 Å². The molecule has 12 nitrogen and oxygen atoms in total. The lowest BCUT2D eigenvalue weighted by Gasteiger charge is -2.29. The molecule has 0 unspecified atom stereocenters. The standard InChI is InChI=1S/C39H50N2O10/c1-37(2,3)27-15-11-25(12-16-27)31-29-30(33(42)40(31)35(44)50-24-49-22-20-47-10)32(26-13-17-28(18-14-26)38(4,5)6)41(34(29)43)36(45)51-39(7,8)23-48-21-19-46-9/h11-18H,19-24H2,1-10H3. The molecule has 12 heteroatoms. The second-order valence-electron chi connectivity index (χ2n) is 15.0. The molecule has 0 saturated carbocycles. The number of hydrogen-bond acceptors (Lipinski definition) is 10. The molecule has 0 aromatic heterocycles. The van der Waals surface area contributed by atoms with E-state index in [9.17, 15) is 19.2 Å². The summed E-state index contributed by atoms with van der Waals surface area (Å²) >= 11 is 0. The summed E-state index contributed by atoms with van der Waals surface area (Å²) in [5.74, 6) is -1.65. The number of nitrogens with zero attached hydrogens (tertiary/aromatic N) is 2. The Morgan fingerprint density at radius 3 is 1.41 bits per heavy atom. The first kappa shape index (κ1) is 39.4. The normalized spacial score (nSPS) is 15.3. The average molecular weight is 707 g/mol. The molecule has 0 spiro atoms. The highest BCUT2D eigenvalue weighted by Gasteiger charge is 2.54. The van der Waals surface area contributed by atoms with Crippen LogP contribution in [0.3, 0.4) is 0 Å². The molecule has 2 aliphatic heterocycles. The van der Waals surface area contributed by atoms with Gasteiger partial charge in [0.2, 0.25) is 0 Å². The Morgan fingerprint density at radius 2 is 1.00 bits per heavy atom. The van der Waals surface area contributed by atoms with Gasteiger partial charge in [0.1, 0.15) is 5.60 Å². The molecule has 2 aromatic rings. The van der Waals surface area contributed by atoms with Crippen LogP contribution >= 0.6 is 0 Å². The molecule has 4 rings (SSSR count). The zero-order valence-corrected chi connectivity index (χ0v) is 31.3. The third kappa shape index (κ3) is 8.93. The number of hydrogen-bond donors (Lipinski definition) is 0. The number of carbonyl (C=O) groups excluding carboxylic acids is 4. The minimum atomic E-state index is -1.16. The van der Waals surface area contributed by atoms with Crippen LogP contribution in [0.2, 0.25) is 0 Å². The maximum atomic E-state index is 14.6. The summed E-state index contributed by atoms with van der Waals surface area (Å²) in [6.07, 6.45) is -2.04. The first-order valence-electron chi connectivity index (χ1n) is 16.9. The van der Waals surface area contributed by atoms with Crippen LogP contribution in [0.5, 0.6) is 0 Å². The summed E-state index contributed by atoms with van der Waals surface area (Å²) in [5, 5.41) is 0. The lowest BCUT2D eigenvalue weighted by molar-refractivity contribution is -0.124. The molecule has 2 heterocycles. The van der Waals surface area contributed by atoms with E-state index in [1.54, 1.807) is 45.2 Å². The molecular weight excluding hydrogens is 656 g/mol. The molecule has 51 heavy (non-hydrogen) atoms. The van der Waals surface area contributed by atoms with Gasteiger partial charge >= 0.3 is 12.2 Å². The van der Waals surface area contributed by atoms with E-state index in [0.29, 0.717) is 17.7 Å². The summed E-state index contributed by atoms with van der Waals surface area (Å²) in [5.41, 5.74) is 0.992. The van der Waals surface area contributed by atoms with Crippen molar-refractivity contribution in [2.75, 3.05) is 54.0 Å². The number of rotatable bonds is 13. The van der Waals surface area contributed by atoms with Gasteiger partial charge in [-0.3, -0.25) is 9.59 Å². The second-order valence-corrected chi connectivity index (χ2v) is 15.0. The Bertz CT molecular complexity index is 1680. The van der Waals surface area contributed by atoms with E-state index in [1.807, 2.05) is 24.3 Å². The fourth-order valence-corrected chi connectivity index (χ4v) is 5.58. The smallest absolute Gasteiger partial charge is 0.423 e. The summed E-state index contributed by atoms with van der Waals surface area (Å²) < 4.78 is 32.2. The van der Waals surface area contributed by atoms with Crippen molar-refractivity contribution in [1.82, 2.24) is 9.80 Å². The fourth-order valence-electron chi connectivity index (χ4n) is 5.58. The zero-order valence-electron chi connectivity index (χ0n) is 31.3. The number of amides is 4. The van der Waals surface area contributed by atoms with E-state index in [1.165, 1.54) is 7.11 Å². The highest BCUT2D eigenvalue weighted by molar-refractivity contribution is 6.35. The van der Waals surface area contributed by atoms with Gasteiger partial charge in [-0.05, 0) is 46.9 Å². The first-order chi connectivity index (χ1) is 23.9. The summed E-state index contributed by atoms with van der Waals surface area (Å²) in [7, 11) is 3.06. The number of carbonyl (C=O) groups is 4. The van der Waals surface area contributed by atoms with Crippen molar-refractivity contribution in [2.45, 2.75) is 71.8 Å². The predicted octanol–water partition coefficient (Wildman–Crippen LogP) is 6.42. The molecule has 0 fully saturated rings. The maximum Gasteiger partial charge on any atom is 0.423 e. The topological polar surface area (TPSA) is 130 Å². The van der Waals surface area contributed by atoms with Gasteiger partial charge in [-0.1, -0.05) is 90.1 Å². The van der Waals surface area contributed by atoms with E-state index >= 15 is 0 Å². The number of methoxy groups -OCH3 is 2. The Morgan fingerprint density at radius 1 is 0.588 bits per heavy atom. The van der Waals surface area contributed by atoms with Gasteiger partial charge in [-0.15, -0.1) is 0 Å². The third-order valence-corrected chi connectivity index (χ3v) is 8.36. The van der Waals surface area contributed by atoms with Crippen LogP contribution in [0.25, 0.3) is 11.4 Å². The van der Waals surface area contributed by atoms with Crippen LogP contribution in [0, 0.1) is 0 Å². The van der Waals surface area contributed by atoms with Gasteiger partial charge in [-0.2, -0.15) is 0 Å². The highest BCUT2D eigenvalue weighted by Crippen LogP contribution is 2.47. The lowest BCUT2D eigenvalue weighted by atomic mass is 9.86. The monoisotopic (exact) mass is 706 g/mol. The van der Waals surface area contributed by atoms with Crippen molar-refractivity contribution in [3.8, 4) is 0 Å². The van der Waals surface area contributed by atoms with Crippen molar-refractivity contribution in [3.05, 3.63) is 81.9 Å². The van der Waals surface area contributed by atoms with Gasteiger partial charge in [0, 0.05) is 14.2 Å². The van der Waals surface area contributed by atoms with Crippen LogP contribution in [0.1, 0.15) is 77.6 Å². The molecular formula is C39H50N2O10. The Balaban J connectivity index is 1.88. The minimum Gasteiger partial charge on any atom is -0.440 e. The van der Waals surface area contributed by atoms with Crippen molar-refractivity contribution in [1.29, 1.82) is 0 Å². The summed E-state index contributed by atoms with van der Waals surface area (Å²) in [4.78, 5) is 58.5. The van der Waals surface area contributed by atoms with Crippen molar-refractivity contribution in [3.63, 3.8) is 0 Å². The Hall–Kier alpha value is -4.36. The number of fused-ring (bicyclic) bond motifs is 1. The van der Waals surface area contributed by atoms with Gasteiger partial charge < -0.3 is 28.4 Å². The molecule has 0 N–H and O–H groups in total. The quantitative estimate of drug-likeness (QED) is 0.170. The lowest BCUT2D eigenvalue weighted by Crippen LogP contribution is -2.42. The predicted molar refractivity (Wildman–Crippen MR) is 190 cm³/mol. The van der Waals surface area contributed by atoms with Crippen LogP contribution in [0.4, 0.5) is 9.59 Å². The van der Waals surface area contributed by atoms with Crippen molar-refractivity contribution >= 4 is 35.4 Å². The van der Waals surface area contributed by atoms with Crippen molar-refractivity contribution in [2.24, 2.45) is 0 Å². The third-order valence-electron chi connectivity index (χ3n) is 8.36. The molecule has 0 saturated heterocycles. The van der Waals surface area contributed by atoms with E-state index in [-0.39, 0.29) is 59.8 Å². The van der Waals surface area contributed by atoms with Gasteiger partial charge in [0.05, 0.1) is 55.6 Å². The molecule has 0 aliphatic carbocycles. The Labute approximate surface area is 300 Å². The van der Waals surface area contributed by atoms with Crippen LogP contribution in [-0.4, -0.2) is 93.4 Å². The Kier molecular flexibility index (Phi) is 12.3. The van der Waals surface area contributed by atoms with Crippen LogP contribution in [0.15, 0.2) is 59.7 Å². The molecule has 2 aromatic carbocycles. The fraction of sp³-hybridized carbons (Fsp3) is 0.487. The SMILES string of the molecule is COCCOCOC(=O)N1C(=O)C2=C(c3ccc(C(C)(C)C)cc3)N(C(=O)OC(C)(C)COCCOC)C(=O)C2=C1c1ccc(C(C)(C)C)cc1. The molecule has 0 atom stereocenters. The van der Waals surface area contributed by atoms with Gasteiger partial charge in [-0.25, -0.2) is 19.4 Å². The van der Waals surface area contributed by atoms with Crippen LogP contribution in [-0.2, 0) is 48.8 Å². The number of benzene rings is 2. The largest absolute Gasteiger partial charge is 0.440 e. The average Bonchev–Trinajstić information content (AvgIpc) is 3.53.